The highest BCUT2D eigenvalue weighted by Gasteiger charge is 2.51. The van der Waals surface area contributed by atoms with Crippen LogP contribution in [0.4, 0.5) is 0 Å². The minimum atomic E-state index is -0.368. The normalized spacial score (nSPS) is 14.0. The van der Waals surface area contributed by atoms with Gasteiger partial charge < -0.3 is 4.57 Å². The van der Waals surface area contributed by atoms with Crippen molar-refractivity contribution in [2.24, 2.45) is 0 Å². The third kappa shape index (κ3) is 3.46. The van der Waals surface area contributed by atoms with Gasteiger partial charge in [-0.1, -0.05) is 140 Å². The van der Waals surface area contributed by atoms with Gasteiger partial charge in [0, 0.05) is 16.5 Å². The Hall–Kier alpha value is -6.44. The first-order valence-electron chi connectivity index (χ1n) is 18.0. The highest BCUT2D eigenvalue weighted by Crippen LogP contribution is 2.63. The second kappa shape index (κ2) is 9.84. The highest BCUT2D eigenvalue weighted by molar-refractivity contribution is 6.10. The van der Waals surface area contributed by atoms with Crippen molar-refractivity contribution in [2.75, 3.05) is 0 Å². The molecule has 0 saturated carbocycles. The molecule has 0 radical (unpaired) electrons. The number of hydrogen-bond donors (Lipinski definition) is 0. The molecule has 3 aliphatic carbocycles. The SMILES string of the molecule is c1ccc2c(c1)Cc1ccc(-c3ccc4c(c3)c3ccccc3n4-c3ccc4c(c3)C3(c5ccccc5-c5ccccc53)c3ccccc3-4)cc1-2. The molecular weight excluding hydrogens is 615 g/mol. The number of nitrogens with zero attached hydrogens (tertiary/aromatic N) is 1. The van der Waals surface area contributed by atoms with Crippen LogP contribution in [0.15, 0.2) is 176 Å². The van der Waals surface area contributed by atoms with Gasteiger partial charge in [0.2, 0.25) is 0 Å². The predicted molar refractivity (Wildman–Crippen MR) is 211 cm³/mol. The highest BCUT2D eigenvalue weighted by atomic mass is 15.0. The van der Waals surface area contributed by atoms with E-state index in [1.807, 2.05) is 0 Å². The Kier molecular flexibility index (Phi) is 5.28. The fourth-order valence-electron chi connectivity index (χ4n) is 9.96. The largest absolute Gasteiger partial charge is 0.309 e. The maximum absolute atomic E-state index is 2.49. The quantitative estimate of drug-likeness (QED) is 0.176. The van der Waals surface area contributed by atoms with Gasteiger partial charge in [-0.15, -0.1) is 0 Å². The lowest BCUT2D eigenvalue weighted by atomic mass is 9.70. The Morgan fingerprint density at radius 2 is 0.902 bits per heavy atom. The molecule has 51 heavy (non-hydrogen) atoms. The molecule has 3 aliphatic rings. The molecule has 1 nitrogen and oxygen atoms in total. The number of aromatic nitrogens is 1. The summed E-state index contributed by atoms with van der Waals surface area (Å²) in [5, 5.41) is 2.55. The molecule has 0 saturated heterocycles. The third-order valence-electron chi connectivity index (χ3n) is 12.0. The van der Waals surface area contributed by atoms with Crippen LogP contribution in [0.5, 0.6) is 0 Å². The van der Waals surface area contributed by atoms with Gasteiger partial charge >= 0.3 is 0 Å². The zero-order chi connectivity index (χ0) is 33.3. The molecule has 12 rings (SSSR count). The molecule has 8 aromatic carbocycles. The molecule has 1 heteroatoms. The molecule has 9 aromatic rings. The van der Waals surface area contributed by atoms with Crippen LogP contribution >= 0.6 is 0 Å². The molecule has 0 aliphatic heterocycles. The lowest BCUT2D eigenvalue weighted by Crippen LogP contribution is -2.26. The van der Waals surface area contributed by atoms with Crippen LogP contribution in [-0.4, -0.2) is 4.57 Å². The summed E-state index contributed by atoms with van der Waals surface area (Å²) in [6, 6.07) is 66.2. The number of fused-ring (bicyclic) bond motifs is 16. The zero-order valence-corrected chi connectivity index (χ0v) is 27.9. The van der Waals surface area contributed by atoms with Gasteiger partial charge in [-0.2, -0.15) is 0 Å². The van der Waals surface area contributed by atoms with Crippen molar-refractivity contribution in [2.45, 2.75) is 11.8 Å². The van der Waals surface area contributed by atoms with Crippen molar-refractivity contribution in [3.05, 3.63) is 209 Å². The number of para-hydroxylation sites is 1. The van der Waals surface area contributed by atoms with Gasteiger partial charge in [-0.25, -0.2) is 0 Å². The van der Waals surface area contributed by atoms with Crippen LogP contribution in [0.3, 0.4) is 0 Å². The van der Waals surface area contributed by atoms with Crippen LogP contribution in [0.25, 0.3) is 72.0 Å². The first-order chi connectivity index (χ1) is 25.3. The molecule has 0 bridgehead atoms. The monoisotopic (exact) mass is 645 g/mol. The molecule has 0 amide bonds. The minimum absolute atomic E-state index is 0.368. The third-order valence-corrected chi connectivity index (χ3v) is 12.0. The smallest absolute Gasteiger partial charge is 0.0726 e. The Morgan fingerprint density at radius 1 is 0.353 bits per heavy atom. The van der Waals surface area contributed by atoms with Gasteiger partial charge in [-0.05, 0) is 121 Å². The van der Waals surface area contributed by atoms with E-state index in [0.717, 1.165) is 6.42 Å². The van der Waals surface area contributed by atoms with Crippen molar-refractivity contribution >= 4 is 21.8 Å². The molecule has 1 spiro atoms. The maximum atomic E-state index is 2.49. The molecule has 0 fully saturated rings. The van der Waals surface area contributed by atoms with Crippen molar-refractivity contribution in [3.63, 3.8) is 0 Å². The average molecular weight is 646 g/mol. The molecule has 0 unspecified atom stereocenters. The minimum Gasteiger partial charge on any atom is -0.309 e. The fourth-order valence-corrected chi connectivity index (χ4v) is 9.96. The van der Waals surface area contributed by atoms with Crippen LogP contribution in [0.1, 0.15) is 33.4 Å². The first-order valence-corrected chi connectivity index (χ1v) is 18.0. The van der Waals surface area contributed by atoms with Crippen molar-refractivity contribution in [1.29, 1.82) is 0 Å². The van der Waals surface area contributed by atoms with Gasteiger partial charge in [0.1, 0.15) is 0 Å². The summed E-state index contributed by atoms with van der Waals surface area (Å²) in [6.07, 6.45) is 1.02. The van der Waals surface area contributed by atoms with Crippen LogP contribution < -0.4 is 0 Å². The zero-order valence-electron chi connectivity index (χ0n) is 27.9. The summed E-state index contributed by atoms with van der Waals surface area (Å²) >= 11 is 0. The summed E-state index contributed by atoms with van der Waals surface area (Å²) in [5.74, 6) is 0. The standard InChI is InChI=1S/C50H31N/c1-2-12-36-33(11-1)27-34-22-21-31(28-42(34)36)32-23-26-49-43(29-32)41-16-6-10-20-48(41)51(49)35-24-25-40-39-15-5-9-19-46(39)50(47(40)30-35)44-17-7-3-13-37(44)38-14-4-8-18-45(38)50/h1-26,28-30H,27H2. The van der Waals surface area contributed by atoms with E-state index in [2.05, 4.69) is 180 Å². The summed E-state index contributed by atoms with van der Waals surface area (Å²) in [7, 11) is 0. The Labute approximate surface area is 296 Å². The van der Waals surface area contributed by atoms with E-state index >= 15 is 0 Å². The maximum Gasteiger partial charge on any atom is 0.0726 e. The van der Waals surface area contributed by atoms with E-state index in [4.69, 9.17) is 0 Å². The Balaban J connectivity index is 1.08. The van der Waals surface area contributed by atoms with E-state index in [1.165, 1.54) is 105 Å². The van der Waals surface area contributed by atoms with Crippen LogP contribution in [0.2, 0.25) is 0 Å². The summed E-state index contributed by atoms with van der Waals surface area (Å²) in [5.41, 5.74) is 22.2. The topological polar surface area (TPSA) is 4.93 Å². The lowest BCUT2D eigenvalue weighted by molar-refractivity contribution is 0.792. The summed E-state index contributed by atoms with van der Waals surface area (Å²) in [6.45, 7) is 0. The van der Waals surface area contributed by atoms with E-state index in [-0.39, 0.29) is 5.41 Å². The van der Waals surface area contributed by atoms with E-state index in [1.54, 1.807) is 0 Å². The van der Waals surface area contributed by atoms with E-state index in [0.29, 0.717) is 0 Å². The van der Waals surface area contributed by atoms with Gasteiger partial charge in [0.05, 0.1) is 16.4 Å². The number of benzene rings is 8. The van der Waals surface area contributed by atoms with Gasteiger partial charge in [0.15, 0.2) is 0 Å². The van der Waals surface area contributed by atoms with Crippen LogP contribution in [-0.2, 0) is 11.8 Å². The summed E-state index contributed by atoms with van der Waals surface area (Å²) < 4.78 is 2.48. The average Bonchev–Trinajstić information content (AvgIpc) is 3.91. The Bertz CT molecular complexity index is 2890. The van der Waals surface area contributed by atoms with Crippen molar-refractivity contribution < 1.29 is 0 Å². The van der Waals surface area contributed by atoms with E-state index in [9.17, 15) is 0 Å². The first kappa shape index (κ1) is 27.4. The van der Waals surface area contributed by atoms with E-state index < -0.39 is 0 Å². The predicted octanol–water partition coefficient (Wildman–Crippen LogP) is 12.4. The number of rotatable bonds is 2. The van der Waals surface area contributed by atoms with Crippen molar-refractivity contribution in [3.8, 4) is 50.2 Å². The molecule has 0 atom stereocenters. The molecule has 236 valence electrons. The lowest BCUT2D eigenvalue weighted by Gasteiger charge is -2.30. The van der Waals surface area contributed by atoms with Gasteiger partial charge in [-0.3, -0.25) is 0 Å². The van der Waals surface area contributed by atoms with Crippen molar-refractivity contribution in [1.82, 2.24) is 4.57 Å². The van der Waals surface area contributed by atoms with Gasteiger partial charge in [0.25, 0.3) is 0 Å². The molecule has 0 N–H and O–H groups in total. The molecule has 1 heterocycles. The fraction of sp³-hybridized carbons (Fsp3) is 0.0400. The second-order valence-corrected chi connectivity index (χ2v) is 14.4. The number of hydrogen-bond acceptors (Lipinski definition) is 0. The molecular formula is C50H31N. The molecule has 1 aromatic heterocycles. The summed E-state index contributed by atoms with van der Waals surface area (Å²) in [4.78, 5) is 0. The van der Waals surface area contributed by atoms with Crippen LogP contribution in [0, 0.1) is 0 Å². The second-order valence-electron chi connectivity index (χ2n) is 14.4. The Morgan fingerprint density at radius 3 is 1.65 bits per heavy atom.